The lowest BCUT2D eigenvalue weighted by Gasteiger charge is -2.21. The van der Waals surface area contributed by atoms with Crippen LogP contribution in [0.1, 0.15) is 31.2 Å². The van der Waals surface area contributed by atoms with Gasteiger partial charge in [-0.3, -0.25) is 9.11 Å². The third kappa shape index (κ3) is 6.98. The highest BCUT2D eigenvalue weighted by atomic mass is 32.2. The van der Waals surface area contributed by atoms with E-state index in [-0.39, 0.29) is 24.3 Å². The molecule has 242 valence electrons. The molecule has 14 heteroatoms. The largest absolute Gasteiger partial charge is 0.496 e. The van der Waals surface area contributed by atoms with Gasteiger partial charge < -0.3 is 9.64 Å². The van der Waals surface area contributed by atoms with Gasteiger partial charge in [-0.15, -0.1) is 11.3 Å². The number of thioether (sulfide) groups is 1. The number of aryl methyl sites for hydroxylation is 1. The zero-order chi connectivity index (χ0) is 32.6. The van der Waals surface area contributed by atoms with Gasteiger partial charge in [0, 0.05) is 29.3 Å². The first kappa shape index (κ1) is 32.9. The molecule has 1 aliphatic heterocycles. The Kier molecular flexibility index (Phi) is 9.50. The van der Waals surface area contributed by atoms with Crippen LogP contribution in [0.25, 0.3) is 37.2 Å². The summed E-state index contributed by atoms with van der Waals surface area (Å²) in [7, 11) is -6.56. The lowest BCUT2D eigenvalue weighted by molar-refractivity contribution is -0.667. The standard InChI is InChI=1S/C32H32N2O7S5/c1-3-21(18-28-33(13-6-16-45(35,36)37)30-23-9-5-4-8-22(23)10-11-26(30)43-28)19-29-34(14-7-17-46(38,39)40)31-27(44-29)20-25(41-2)24-12-15-42-32(24)31/h4-5,8-12,15,18-20H,3,6-7,13-14,16-17H2,1-2H3,(H-,35,36,37,38,39,40)/p+1. The second-order valence-electron chi connectivity index (χ2n) is 10.9. The van der Waals surface area contributed by atoms with Gasteiger partial charge in [0.25, 0.3) is 25.2 Å². The molecule has 3 heterocycles. The number of aromatic nitrogens is 1. The van der Waals surface area contributed by atoms with E-state index in [0.29, 0.717) is 19.5 Å². The molecule has 0 fully saturated rings. The van der Waals surface area contributed by atoms with Crippen molar-refractivity contribution in [3.8, 4) is 5.75 Å². The summed E-state index contributed by atoms with van der Waals surface area (Å²) in [6, 6.07) is 16.3. The van der Waals surface area contributed by atoms with Crippen molar-refractivity contribution in [3.63, 3.8) is 0 Å². The number of fused-ring (bicyclic) bond motifs is 6. The molecule has 0 saturated carbocycles. The molecule has 0 radical (unpaired) electrons. The first-order valence-corrected chi connectivity index (χ1v) is 20.4. The lowest BCUT2D eigenvalue weighted by atomic mass is 10.1. The maximum Gasteiger partial charge on any atom is 0.265 e. The van der Waals surface area contributed by atoms with Crippen molar-refractivity contribution in [3.05, 3.63) is 75.6 Å². The predicted molar refractivity (Wildman–Crippen MR) is 190 cm³/mol. The molecule has 0 unspecified atom stereocenters. The van der Waals surface area contributed by atoms with E-state index in [1.165, 1.54) is 0 Å². The number of hydrogen-bond acceptors (Lipinski definition) is 9. The molecule has 0 spiro atoms. The Morgan fingerprint density at radius 2 is 1.76 bits per heavy atom. The molecule has 0 amide bonds. The van der Waals surface area contributed by atoms with Crippen LogP contribution < -0.4 is 14.2 Å². The quantitative estimate of drug-likeness (QED) is 0.101. The number of ether oxygens (including phenoxy) is 1. The minimum absolute atomic E-state index is 0.247. The summed E-state index contributed by atoms with van der Waals surface area (Å²) in [5, 5.41) is 7.05. The van der Waals surface area contributed by atoms with Gasteiger partial charge in [-0.2, -0.15) is 21.4 Å². The molecule has 6 rings (SSSR count). The maximum absolute atomic E-state index is 11.6. The zero-order valence-electron chi connectivity index (χ0n) is 25.2. The summed E-state index contributed by atoms with van der Waals surface area (Å²) < 4.78 is 75.1. The number of thiophene rings is 1. The molecule has 9 nitrogen and oxygen atoms in total. The average Bonchev–Trinajstić information content (AvgIpc) is 3.71. The molecule has 5 aromatic rings. The second-order valence-corrected chi connectivity index (χ2v) is 17.1. The van der Waals surface area contributed by atoms with Gasteiger partial charge in [-0.1, -0.05) is 54.3 Å². The highest BCUT2D eigenvalue weighted by molar-refractivity contribution is 8.03. The molecule has 0 saturated heterocycles. The van der Waals surface area contributed by atoms with Gasteiger partial charge in [0.05, 0.1) is 39.4 Å². The van der Waals surface area contributed by atoms with Crippen molar-refractivity contribution in [1.82, 2.24) is 0 Å². The van der Waals surface area contributed by atoms with Crippen molar-refractivity contribution in [1.29, 1.82) is 0 Å². The van der Waals surface area contributed by atoms with Crippen LogP contribution in [0, 0.1) is 0 Å². The Labute approximate surface area is 280 Å². The highest BCUT2D eigenvalue weighted by Gasteiger charge is 2.30. The average molecular weight is 718 g/mol. The van der Waals surface area contributed by atoms with E-state index < -0.39 is 20.2 Å². The zero-order valence-corrected chi connectivity index (χ0v) is 29.3. The first-order valence-electron chi connectivity index (χ1n) is 14.7. The van der Waals surface area contributed by atoms with Crippen molar-refractivity contribution >= 4 is 97.5 Å². The summed E-state index contributed by atoms with van der Waals surface area (Å²) in [4.78, 5) is 3.14. The molecule has 2 aromatic heterocycles. The van der Waals surface area contributed by atoms with Gasteiger partial charge in [0.15, 0.2) is 6.54 Å². The molecule has 46 heavy (non-hydrogen) atoms. The molecule has 0 bridgehead atoms. The third-order valence-corrected chi connectivity index (χ3v) is 12.5. The lowest BCUT2D eigenvalue weighted by Crippen LogP contribution is -2.36. The molecule has 3 aromatic carbocycles. The van der Waals surface area contributed by atoms with Crippen LogP contribution in [0.3, 0.4) is 0 Å². The number of hydrogen-bond donors (Lipinski definition) is 2. The highest BCUT2D eigenvalue weighted by Crippen LogP contribution is 2.53. The number of benzene rings is 3. The Hall–Kier alpha value is -2.98. The number of rotatable bonds is 12. The number of methoxy groups -OCH3 is 1. The number of allylic oxidation sites excluding steroid dienone is 2. The fourth-order valence-electron chi connectivity index (χ4n) is 5.75. The number of thiazole rings is 1. The number of nitrogens with zero attached hydrogens (tertiary/aromatic N) is 2. The molecular weight excluding hydrogens is 685 g/mol. The SMILES string of the molecule is CCC(=Cc1sc2ccc3ccccc3c2[n+]1CCCS(=O)(=O)O)C=C1Sc2cc(OC)c3ccsc3c2N1CCCS(=O)(=O)O. The van der Waals surface area contributed by atoms with Crippen molar-refractivity contribution in [2.45, 2.75) is 37.6 Å². The minimum atomic E-state index is -4.11. The maximum atomic E-state index is 11.6. The van der Waals surface area contributed by atoms with Crippen LogP contribution in [0.15, 0.2) is 75.5 Å². The number of anilines is 1. The summed E-state index contributed by atoms with van der Waals surface area (Å²) in [5.41, 5.74) is 3.06. The van der Waals surface area contributed by atoms with E-state index in [4.69, 9.17) is 4.74 Å². The van der Waals surface area contributed by atoms with Crippen LogP contribution in [0.5, 0.6) is 5.75 Å². The molecule has 0 atom stereocenters. The topological polar surface area (TPSA) is 125 Å². The van der Waals surface area contributed by atoms with E-state index in [9.17, 15) is 25.9 Å². The summed E-state index contributed by atoms with van der Waals surface area (Å²) >= 11 is 4.82. The molecule has 1 aliphatic rings. The third-order valence-electron chi connectivity index (χ3n) is 7.82. The molecule has 2 N–H and O–H groups in total. The van der Waals surface area contributed by atoms with Crippen LogP contribution in [-0.2, 0) is 26.8 Å². The van der Waals surface area contributed by atoms with Crippen molar-refractivity contribution in [2.75, 3.05) is 30.1 Å². The van der Waals surface area contributed by atoms with Crippen LogP contribution >= 0.6 is 34.4 Å². The van der Waals surface area contributed by atoms with E-state index in [0.717, 1.165) is 63.0 Å². The summed E-state index contributed by atoms with van der Waals surface area (Å²) in [5.74, 6) is 0.108. The van der Waals surface area contributed by atoms with E-state index in [1.807, 2.05) is 29.6 Å². The monoisotopic (exact) mass is 717 g/mol. The normalized spacial score (nSPS) is 15.1. The fraction of sp³-hybridized carbons (Fsp3) is 0.281. The summed E-state index contributed by atoms with van der Waals surface area (Å²) in [6.45, 7) is 2.88. The Balaban J connectivity index is 1.45. The first-order chi connectivity index (χ1) is 22.0. The minimum Gasteiger partial charge on any atom is -0.496 e. The molecular formula is C32H33N2O7S5+. The van der Waals surface area contributed by atoms with E-state index >= 15 is 0 Å². The van der Waals surface area contributed by atoms with Crippen molar-refractivity contribution in [2.24, 2.45) is 0 Å². The van der Waals surface area contributed by atoms with Gasteiger partial charge in [0.1, 0.15) is 10.4 Å². The van der Waals surface area contributed by atoms with Gasteiger partial charge in [-0.25, -0.2) is 0 Å². The Bertz CT molecular complexity index is 2240. The Morgan fingerprint density at radius 3 is 2.50 bits per heavy atom. The molecule has 0 aliphatic carbocycles. The summed E-state index contributed by atoms with van der Waals surface area (Å²) in [6.07, 6.45) is 5.46. The Morgan fingerprint density at radius 1 is 1.00 bits per heavy atom. The van der Waals surface area contributed by atoms with E-state index in [1.54, 1.807) is 41.5 Å². The van der Waals surface area contributed by atoms with Gasteiger partial charge >= 0.3 is 0 Å². The van der Waals surface area contributed by atoms with Crippen LogP contribution in [-0.4, -0.2) is 51.1 Å². The van der Waals surface area contributed by atoms with E-state index in [2.05, 4.69) is 52.8 Å². The second kappa shape index (κ2) is 13.3. The van der Waals surface area contributed by atoms with Crippen LogP contribution in [0.4, 0.5) is 5.69 Å². The van der Waals surface area contributed by atoms with Crippen LogP contribution in [0.2, 0.25) is 0 Å². The fourth-order valence-corrected chi connectivity index (χ4v) is 10.2. The smallest absolute Gasteiger partial charge is 0.265 e. The van der Waals surface area contributed by atoms with Gasteiger partial charge in [0.2, 0.25) is 5.52 Å². The van der Waals surface area contributed by atoms with Gasteiger partial charge in [-0.05, 0) is 59.5 Å². The predicted octanol–water partition coefficient (Wildman–Crippen LogP) is 7.37. The van der Waals surface area contributed by atoms with Crippen molar-refractivity contribution < 1.29 is 35.2 Å².